The van der Waals surface area contributed by atoms with Gasteiger partial charge in [-0.15, -0.1) is 0 Å². The summed E-state index contributed by atoms with van der Waals surface area (Å²) in [6, 6.07) is 10.6. The molecule has 1 aliphatic rings. The molecule has 1 aromatic carbocycles. The Morgan fingerprint density at radius 1 is 1.17 bits per heavy atom. The van der Waals surface area contributed by atoms with E-state index in [0.717, 1.165) is 38.7 Å². The molecule has 0 aliphatic carbocycles. The van der Waals surface area contributed by atoms with Crippen LogP contribution in [0.15, 0.2) is 35.3 Å². The van der Waals surface area contributed by atoms with Crippen molar-refractivity contribution in [1.29, 1.82) is 0 Å². The predicted molar refractivity (Wildman–Crippen MR) is 98.0 cm³/mol. The first kappa shape index (κ1) is 18.3. The molecule has 2 rings (SSSR count). The van der Waals surface area contributed by atoms with Gasteiger partial charge in [-0.05, 0) is 5.56 Å². The average molecular weight is 331 g/mol. The van der Waals surface area contributed by atoms with Gasteiger partial charge in [-0.25, -0.2) is 0 Å². The predicted octanol–water partition coefficient (Wildman–Crippen LogP) is 0.858. The van der Waals surface area contributed by atoms with E-state index in [1.807, 2.05) is 0 Å². The van der Waals surface area contributed by atoms with Crippen molar-refractivity contribution in [2.75, 3.05) is 53.9 Å². The van der Waals surface area contributed by atoms with Gasteiger partial charge in [-0.3, -0.25) is 14.7 Å². The fourth-order valence-corrected chi connectivity index (χ4v) is 2.80. The zero-order valence-corrected chi connectivity index (χ0v) is 15.0. The molecule has 0 aromatic heterocycles. The fourth-order valence-electron chi connectivity index (χ4n) is 2.80. The molecule has 1 aliphatic heterocycles. The topological polar surface area (TPSA) is 51.2 Å². The first-order valence-corrected chi connectivity index (χ1v) is 8.52. The van der Waals surface area contributed by atoms with Crippen LogP contribution < -0.4 is 5.32 Å². The van der Waals surface area contributed by atoms with Crippen LogP contribution >= 0.6 is 0 Å². The van der Waals surface area contributed by atoms with E-state index in [9.17, 15) is 4.79 Å². The maximum Gasteiger partial charge on any atom is 0.223 e. The lowest BCUT2D eigenvalue weighted by atomic mass is 10.2. The molecule has 0 saturated carbocycles. The highest BCUT2D eigenvalue weighted by Gasteiger charge is 2.19. The molecule has 6 heteroatoms. The number of amides is 1. The van der Waals surface area contributed by atoms with Crippen LogP contribution in [0.3, 0.4) is 0 Å². The first-order chi connectivity index (χ1) is 11.6. The molecule has 1 aromatic rings. The minimum atomic E-state index is 0.130. The van der Waals surface area contributed by atoms with Crippen molar-refractivity contribution in [1.82, 2.24) is 20.0 Å². The summed E-state index contributed by atoms with van der Waals surface area (Å²) in [6.07, 6.45) is 0.486. The third-order valence-electron chi connectivity index (χ3n) is 4.25. The Bertz CT molecular complexity index is 536. The Morgan fingerprint density at radius 3 is 2.42 bits per heavy atom. The number of nitrogens with one attached hydrogen (secondary N) is 1. The normalized spacial score (nSPS) is 16.1. The quantitative estimate of drug-likeness (QED) is 0.642. The van der Waals surface area contributed by atoms with Crippen LogP contribution in [-0.4, -0.2) is 80.4 Å². The number of aliphatic imine (C=N–C) groups is 1. The number of guanidine groups is 1. The van der Waals surface area contributed by atoms with Crippen molar-refractivity contribution in [3.05, 3.63) is 35.9 Å². The third-order valence-corrected chi connectivity index (χ3v) is 4.25. The molecule has 0 bridgehead atoms. The van der Waals surface area contributed by atoms with Gasteiger partial charge in [-0.2, -0.15) is 0 Å². The molecular weight excluding hydrogens is 302 g/mol. The lowest BCUT2D eigenvalue weighted by molar-refractivity contribution is -0.128. The van der Waals surface area contributed by atoms with E-state index in [-0.39, 0.29) is 5.91 Å². The Morgan fingerprint density at radius 2 is 1.83 bits per heavy atom. The molecule has 0 atom stereocenters. The molecular formula is C18H29N5O. The highest BCUT2D eigenvalue weighted by Crippen LogP contribution is 2.08. The number of rotatable bonds is 5. The van der Waals surface area contributed by atoms with Gasteiger partial charge in [0.15, 0.2) is 5.96 Å². The second-order valence-corrected chi connectivity index (χ2v) is 6.26. The lowest BCUT2D eigenvalue weighted by Crippen LogP contribution is -2.52. The summed E-state index contributed by atoms with van der Waals surface area (Å²) in [5.74, 6) is 1.02. The van der Waals surface area contributed by atoms with Crippen molar-refractivity contribution >= 4 is 11.9 Å². The van der Waals surface area contributed by atoms with Gasteiger partial charge in [0.05, 0.1) is 0 Å². The summed E-state index contributed by atoms with van der Waals surface area (Å²) >= 11 is 0. The van der Waals surface area contributed by atoms with E-state index in [1.54, 1.807) is 26.0 Å². The van der Waals surface area contributed by atoms with Crippen LogP contribution in [0.1, 0.15) is 12.0 Å². The smallest absolute Gasteiger partial charge is 0.223 e. The van der Waals surface area contributed by atoms with Crippen molar-refractivity contribution in [2.24, 2.45) is 4.99 Å². The molecule has 1 heterocycles. The number of nitrogens with zero attached hydrogens (tertiary/aromatic N) is 4. The molecule has 132 valence electrons. The van der Waals surface area contributed by atoms with Crippen molar-refractivity contribution in [2.45, 2.75) is 13.0 Å². The minimum absolute atomic E-state index is 0.130. The van der Waals surface area contributed by atoms with E-state index in [2.05, 4.69) is 50.4 Å². The maximum atomic E-state index is 11.6. The Balaban J connectivity index is 1.74. The number of carbonyl (C=O) groups is 1. The fraction of sp³-hybridized carbons (Fsp3) is 0.556. The van der Waals surface area contributed by atoms with Gasteiger partial charge in [-0.1, -0.05) is 30.3 Å². The number of piperazine rings is 1. The Kier molecular flexibility index (Phi) is 7.06. The Labute approximate surface area is 145 Å². The summed E-state index contributed by atoms with van der Waals surface area (Å²) in [4.78, 5) is 22.3. The lowest BCUT2D eigenvalue weighted by Gasteiger charge is -2.36. The minimum Gasteiger partial charge on any atom is -0.356 e. The molecule has 0 spiro atoms. The summed E-state index contributed by atoms with van der Waals surface area (Å²) in [7, 11) is 5.36. The standard InChI is InChI=1S/C18H29N5O/c1-19-18(20-10-9-17(24)21(2)3)23-13-11-22(12-14-23)15-16-7-5-4-6-8-16/h4-8H,9-15H2,1-3H3,(H,19,20). The van der Waals surface area contributed by atoms with Gasteiger partial charge in [0.1, 0.15) is 0 Å². The van der Waals surface area contributed by atoms with Crippen LogP contribution in [0, 0.1) is 0 Å². The highest BCUT2D eigenvalue weighted by molar-refractivity contribution is 5.81. The largest absolute Gasteiger partial charge is 0.356 e. The van der Waals surface area contributed by atoms with Crippen LogP contribution in [0.4, 0.5) is 0 Å². The second kappa shape index (κ2) is 9.27. The van der Waals surface area contributed by atoms with Crippen LogP contribution in [0.25, 0.3) is 0 Å². The monoisotopic (exact) mass is 331 g/mol. The molecule has 1 saturated heterocycles. The molecule has 1 fully saturated rings. The molecule has 0 radical (unpaired) electrons. The summed E-state index contributed by atoms with van der Waals surface area (Å²) in [6.45, 7) is 5.56. The van der Waals surface area contributed by atoms with E-state index >= 15 is 0 Å². The van der Waals surface area contributed by atoms with Gasteiger partial charge < -0.3 is 15.1 Å². The number of hydrogen-bond acceptors (Lipinski definition) is 3. The van der Waals surface area contributed by atoms with Gasteiger partial charge in [0.25, 0.3) is 0 Å². The average Bonchev–Trinajstić information content (AvgIpc) is 2.60. The summed E-state index contributed by atoms with van der Waals surface area (Å²) in [5, 5.41) is 3.30. The highest BCUT2D eigenvalue weighted by atomic mass is 16.2. The van der Waals surface area contributed by atoms with Crippen molar-refractivity contribution in [3.8, 4) is 0 Å². The third kappa shape index (κ3) is 5.53. The van der Waals surface area contributed by atoms with Gasteiger partial charge >= 0.3 is 0 Å². The number of hydrogen-bond donors (Lipinski definition) is 1. The number of benzene rings is 1. The van der Waals surface area contributed by atoms with Crippen molar-refractivity contribution < 1.29 is 4.79 Å². The van der Waals surface area contributed by atoms with Crippen LogP contribution in [0.2, 0.25) is 0 Å². The molecule has 6 nitrogen and oxygen atoms in total. The van der Waals surface area contributed by atoms with Gasteiger partial charge in [0, 0.05) is 66.8 Å². The van der Waals surface area contributed by atoms with Crippen molar-refractivity contribution in [3.63, 3.8) is 0 Å². The first-order valence-electron chi connectivity index (χ1n) is 8.52. The van der Waals surface area contributed by atoms with E-state index in [4.69, 9.17) is 0 Å². The maximum absolute atomic E-state index is 11.6. The molecule has 0 unspecified atom stereocenters. The van der Waals surface area contributed by atoms with E-state index in [1.165, 1.54) is 5.56 Å². The Hall–Kier alpha value is -2.08. The zero-order valence-electron chi connectivity index (χ0n) is 15.0. The van der Waals surface area contributed by atoms with E-state index < -0.39 is 0 Å². The van der Waals surface area contributed by atoms with Crippen LogP contribution in [0.5, 0.6) is 0 Å². The SMILES string of the molecule is CN=C(NCCC(=O)N(C)C)N1CCN(Cc2ccccc2)CC1. The molecule has 1 N–H and O–H groups in total. The number of carbonyl (C=O) groups excluding carboxylic acids is 1. The van der Waals surface area contributed by atoms with Crippen LogP contribution in [-0.2, 0) is 11.3 Å². The summed E-state index contributed by atoms with van der Waals surface area (Å²) < 4.78 is 0. The molecule has 24 heavy (non-hydrogen) atoms. The zero-order chi connectivity index (χ0) is 17.4. The molecule has 1 amide bonds. The second-order valence-electron chi connectivity index (χ2n) is 6.26. The van der Waals surface area contributed by atoms with Gasteiger partial charge in [0.2, 0.25) is 5.91 Å². The summed E-state index contributed by atoms with van der Waals surface area (Å²) in [5.41, 5.74) is 1.36. The van der Waals surface area contributed by atoms with E-state index in [0.29, 0.717) is 13.0 Å².